The smallest absolute Gasteiger partial charge is 0.475 e. The summed E-state index contributed by atoms with van der Waals surface area (Å²) >= 11 is 0. The minimum atomic E-state index is -5.08. The van der Waals surface area contributed by atoms with Gasteiger partial charge in [0.1, 0.15) is 29.8 Å². The lowest BCUT2D eigenvalue weighted by molar-refractivity contribution is -0.193. The third kappa shape index (κ3) is 9.85. The molecule has 4 aromatic rings. The van der Waals surface area contributed by atoms with Crippen LogP contribution in [0, 0.1) is 5.82 Å². The number of carboxylic acids is 2. The van der Waals surface area contributed by atoms with Gasteiger partial charge in [0.2, 0.25) is 0 Å². The summed E-state index contributed by atoms with van der Waals surface area (Å²) in [7, 11) is 4.04. The largest absolute Gasteiger partial charge is 0.490 e. The van der Waals surface area contributed by atoms with E-state index in [0.717, 1.165) is 44.7 Å². The monoisotopic (exact) mass is 854 g/mol. The normalized spacial score (nSPS) is 20.3. The van der Waals surface area contributed by atoms with Crippen LogP contribution in [0.4, 0.5) is 54.1 Å². The molecule has 7 rings (SSSR count). The number of aliphatic carboxylic acids is 2. The highest BCUT2D eigenvalue weighted by Crippen LogP contribution is 2.43. The fourth-order valence-electron chi connectivity index (χ4n) is 7.46. The summed E-state index contributed by atoms with van der Waals surface area (Å²) in [4.78, 5) is 35.5. The number of ether oxygens (including phenoxy) is 1. The van der Waals surface area contributed by atoms with Gasteiger partial charge >= 0.3 is 36.5 Å². The SMILES string of the molecule is CN(C)C1(CNc2nc(OC[C@@]34CCCN3C[C@H](F)C4)nc3c(F)c(-c4cccc5cccc(C(F)(F)F)c45)ncc23)CCC1.O=C(O)C(F)(F)F.O=C(O)C(F)(F)F. The van der Waals surface area contributed by atoms with Crippen molar-refractivity contribution < 1.29 is 72.8 Å². The van der Waals surface area contributed by atoms with Crippen molar-refractivity contribution in [2.45, 2.75) is 74.3 Å². The van der Waals surface area contributed by atoms with Gasteiger partial charge in [0.25, 0.3) is 0 Å². The molecular weight excluding hydrogens is 817 g/mol. The van der Waals surface area contributed by atoms with Crippen molar-refractivity contribution >= 4 is 39.4 Å². The molecule has 4 heterocycles. The number of hydrogen-bond acceptors (Lipinski definition) is 9. The number of aromatic nitrogens is 3. The Bertz CT molecular complexity index is 2150. The number of halogens is 11. The molecule has 2 saturated heterocycles. The number of anilines is 1. The molecule has 3 N–H and O–H groups in total. The zero-order chi connectivity index (χ0) is 43.7. The summed E-state index contributed by atoms with van der Waals surface area (Å²) in [6.07, 6.45) is -9.23. The first kappa shape index (κ1) is 45.0. The van der Waals surface area contributed by atoms with Crippen molar-refractivity contribution in [3.05, 3.63) is 54.0 Å². The highest BCUT2D eigenvalue weighted by molar-refractivity contribution is 6.01. The van der Waals surface area contributed by atoms with Crippen LogP contribution in [0.3, 0.4) is 0 Å². The van der Waals surface area contributed by atoms with E-state index in [0.29, 0.717) is 36.1 Å². The van der Waals surface area contributed by atoms with Crippen LogP contribution in [-0.2, 0) is 15.8 Å². The van der Waals surface area contributed by atoms with E-state index in [1.807, 2.05) is 14.1 Å². The van der Waals surface area contributed by atoms with Gasteiger partial charge < -0.3 is 25.2 Å². The predicted molar refractivity (Wildman–Crippen MR) is 190 cm³/mol. The summed E-state index contributed by atoms with van der Waals surface area (Å²) in [5.41, 5.74) is -1.78. The molecule has 3 aliphatic rings. The van der Waals surface area contributed by atoms with Crippen LogP contribution in [0.1, 0.15) is 44.1 Å². The topological polar surface area (TPSA) is 141 Å². The molecule has 0 unspecified atom stereocenters. The maximum absolute atomic E-state index is 16.6. The standard InChI is InChI=1S/C33H35F5N6O.2C2HF3O2/c1-43(2)31(11-5-12-31)18-40-29-23-16-39-27(22-9-3-7-20-8-4-10-24(25(20)22)33(36,37)38)26(35)28(23)41-30(42-29)45-19-32-13-6-14-44(32)17-21(34)15-32;2*3-2(4,5)1(6)7/h3-4,7-10,16,21H,5-6,11-15,17-19H2,1-2H3,(H,40,41,42);2*(H,6,7)/t21-,32+;;/m1../s1. The first-order valence-electron chi connectivity index (χ1n) is 17.9. The average Bonchev–Trinajstić information content (AvgIpc) is 3.65. The lowest BCUT2D eigenvalue weighted by Crippen LogP contribution is -2.54. The Balaban J connectivity index is 0.000000407. The Hall–Kier alpha value is -5.12. The summed E-state index contributed by atoms with van der Waals surface area (Å²) in [6.45, 7) is 1.83. The maximum Gasteiger partial charge on any atom is 0.490 e. The number of carboxylic acid groups (broad SMARTS) is 2. The van der Waals surface area contributed by atoms with E-state index in [1.54, 1.807) is 18.2 Å². The highest BCUT2D eigenvalue weighted by Gasteiger charge is 2.49. The predicted octanol–water partition coefficient (Wildman–Crippen LogP) is 8.12. The molecule has 322 valence electrons. The molecule has 2 aromatic carbocycles. The molecule has 0 spiro atoms. The van der Waals surface area contributed by atoms with E-state index < -0.39 is 53.6 Å². The Morgan fingerprint density at radius 3 is 2.08 bits per heavy atom. The molecule has 1 aliphatic carbocycles. The lowest BCUT2D eigenvalue weighted by atomic mass is 9.75. The molecule has 1 saturated carbocycles. The van der Waals surface area contributed by atoms with Crippen LogP contribution >= 0.6 is 0 Å². The van der Waals surface area contributed by atoms with E-state index in [1.165, 1.54) is 18.3 Å². The summed E-state index contributed by atoms with van der Waals surface area (Å²) < 4.78 is 143. The van der Waals surface area contributed by atoms with Gasteiger partial charge in [0.15, 0.2) is 5.82 Å². The highest BCUT2D eigenvalue weighted by atomic mass is 19.4. The number of alkyl halides is 10. The summed E-state index contributed by atoms with van der Waals surface area (Å²) in [6, 6.07) is 8.37. The quantitative estimate of drug-likeness (QED) is 0.148. The number of carbonyl (C=O) groups is 2. The average molecular weight is 855 g/mol. The Kier molecular flexibility index (Phi) is 12.9. The van der Waals surface area contributed by atoms with Gasteiger partial charge in [-0.1, -0.05) is 30.3 Å². The van der Waals surface area contributed by atoms with E-state index in [9.17, 15) is 43.9 Å². The molecule has 2 aliphatic heterocycles. The second-order valence-electron chi connectivity index (χ2n) is 14.5. The number of rotatable bonds is 8. The number of nitrogens with zero attached hydrogens (tertiary/aromatic N) is 5. The molecule has 2 aromatic heterocycles. The Morgan fingerprint density at radius 2 is 1.54 bits per heavy atom. The van der Waals surface area contributed by atoms with Crippen LogP contribution in [0.25, 0.3) is 32.9 Å². The van der Waals surface area contributed by atoms with Crippen molar-refractivity contribution in [1.29, 1.82) is 0 Å². The number of benzene rings is 2. The fourth-order valence-corrected chi connectivity index (χ4v) is 7.46. The summed E-state index contributed by atoms with van der Waals surface area (Å²) in [5.74, 6) is -6.06. The van der Waals surface area contributed by atoms with E-state index in [4.69, 9.17) is 24.5 Å². The van der Waals surface area contributed by atoms with Gasteiger partial charge in [0.05, 0.1) is 16.5 Å². The first-order valence-corrected chi connectivity index (χ1v) is 17.9. The Morgan fingerprint density at radius 1 is 0.932 bits per heavy atom. The number of hydrogen-bond donors (Lipinski definition) is 3. The van der Waals surface area contributed by atoms with Crippen LogP contribution in [-0.4, -0.2) is 117 Å². The minimum Gasteiger partial charge on any atom is -0.475 e. The van der Waals surface area contributed by atoms with Crippen LogP contribution in [0.15, 0.2) is 42.6 Å². The zero-order valence-electron chi connectivity index (χ0n) is 31.2. The number of likely N-dealkylation sites (N-methyl/N-ethyl adjacent to an activating group) is 1. The number of nitrogens with one attached hydrogen (secondary N) is 1. The van der Waals surface area contributed by atoms with Gasteiger partial charge in [-0.15, -0.1) is 0 Å². The molecule has 0 bridgehead atoms. The van der Waals surface area contributed by atoms with Crippen LogP contribution in [0.2, 0.25) is 0 Å². The van der Waals surface area contributed by atoms with Crippen molar-refractivity contribution in [3.63, 3.8) is 0 Å². The van der Waals surface area contributed by atoms with Crippen molar-refractivity contribution in [3.8, 4) is 17.3 Å². The molecule has 0 radical (unpaired) electrons. The van der Waals surface area contributed by atoms with Crippen molar-refractivity contribution in [1.82, 2.24) is 24.8 Å². The van der Waals surface area contributed by atoms with Gasteiger partial charge in [-0.25, -0.2) is 18.4 Å². The van der Waals surface area contributed by atoms with Crippen molar-refractivity contribution in [2.24, 2.45) is 0 Å². The van der Waals surface area contributed by atoms with E-state index in [2.05, 4.69) is 30.1 Å². The second-order valence-corrected chi connectivity index (χ2v) is 14.5. The van der Waals surface area contributed by atoms with Crippen LogP contribution < -0.4 is 10.1 Å². The van der Waals surface area contributed by atoms with Crippen LogP contribution in [0.5, 0.6) is 6.01 Å². The lowest BCUT2D eigenvalue weighted by Gasteiger charge is -2.47. The molecule has 0 amide bonds. The second kappa shape index (κ2) is 16.9. The molecule has 3 fully saturated rings. The molecule has 2 atom stereocenters. The number of pyridine rings is 1. The van der Waals surface area contributed by atoms with Gasteiger partial charge in [-0.3, -0.25) is 9.88 Å². The molecule has 59 heavy (non-hydrogen) atoms. The molecule has 22 heteroatoms. The third-order valence-corrected chi connectivity index (χ3v) is 10.7. The maximum atomic E-state index is 16.6. The van der Waals surface area contributed by atoms with E-state index in [-0.39, 0.29) is 40.3 Å². The minimum absolute atomic E-state index is 0.0110. The third-order valence-electron chi connectivity index (χ3n) is 10.7. The summed E-state index contributed by atoms with van der Waals surface area (Å²) in [5, 5.41) is 18.1. The number of fused-ring (bicyclic) bond motifs is 3. The fraction of sp³-hybridized carbons (Fsp3) is 0.486. The molecule has 11 nitrogen and oxygen atoms in total. The van der Waals surface area contributed by atoms with Gasteiger partial charge in [0, 0.05) is 42.2 Å². The Labute approximate surface area is 328 Å². The van der Waals surface area contributed by atoms with Gasteiger partial charge in [-0.05, 0) is 64.2 Å². The van der Waals surface area contributed by atoms with Crippen molar-refractivity contribution in [2.75, 3.05) is 45.7 Å². The zero-order valence-corrected chi connectivity index (χ0v) is 31.2. The first-order chi connectivity index (χ1) is 27.4. The van der Waals surface area contributed by atoms with E-state index >= 15 is 4.39 Å². The van der Waals surface area contributed by atoms with Gasteiger partial charge in [-0.2, -0.15) is 49.5 Å². The molecular formula is C37H37F11N6O5.